The first-order valence-corrected chi connectivity index (χ1v) is 8.38. The van der Waals surface area contributed by atoms with E-state index < -0.39 is 17.0 Å². The number of aromatic nitrogens is 2. The van der Waals surface area contributed by atoms with E-state index in [9.17, 15) is 14.4 Å². The molecule has 2 aromatic carbocycles. The lowest BCUT2D eigenvalue weighted by atomic mass is 10.3. The molecule has 1 heterocycles. The minimum Gasteiger partial charge on any atom is -0.495 e. The Morgan fingerprint density at radius 2 is 1.74 bits per heavy atom. The van der Waals surface area contributed by atoms with Gasteiger partial charge in [0.05, 0.1) is 12.8 Å². The van der Waals surface area contributed by atoms with Crippen LogP contribution in [0.25, 0.3) is 5.69 Å². The molecule has 138 valence electrons. The topological polar surface area (TPSA) is 82.3 Å². The average molecular weight is 386 g/mol. The second-order valence-corrected chi connectivity index (χ2v) is 6.07. The molecule has 0 unspecified atom stereocenters. The fourth-order valence-corrected chi connectivity index (χ4v) is 2.66. The molecule has 8 heteroatoms. The molecular formula is C19H16ClN3O4. The van der Waals surface area contributed by atoms with Gasteiger partial charge < -0.3 is 10.1 Å². The Balaban J connectivity index is 1.83. The van der Waals surface area contributed by atoms with Gasteiger partial charge in [-0.15, -0.1) is 0 Å². The van der Waals surface area contributed by atoms with Crippen LogP contribution in [-0.4, -0.2) is 22.2 Å². The number of halogens is 1. The van der Waals surface area contributed by atoms with Gasteiger partial charge in [-0.25, -0.2) is 0 Å². The first-order valence-electron chi connectivity index (χ1n) is 8.00. The van der Waals surface area contributed by atoms with Gasteiger partial charge >= 0.3 is 11.1 Å². The summed E-state index contributed by atoms with van der Waals surface area (Å²) in [7, 11) is 1.49. The van der Waals surface area contributed by atoms with Crippen molar-refractivity contribution in [3.05, 3.63) is 86.7 Å². The zero-order valence-corrected chi connectivity index (χ0v) is 15.1. The van der Waals surface area contributed by atoms with Crippen molar-refractivity contribution in [1.29, 1.82) is 0 Å². The number of anilines is 1. The molecule has 1 N–H and O–H groups in total. The third kappa shape index (κ3) is 4.09. The minimum atomic E-state index is -0.803. The Bertz CT molecular complexity index is 1090. The number of methoxy groups -OCH3 is 1. The van der Waals surface area contributed by atoms with Crippen molar-refractivity contribution in [2.24, 2.45) is 0 Å². The minimum absolute atomic E-state index is 0.298. The monoisotopic (exact) mass is 385 g/mol. The highest BCUT2D eigenvalue weighted by Gasteiger charge is 2.11. The molecule has 0 radical (unpaired) electrons. The highest BCUT2D eigenvalue weighted by atomic mass is 35.5. The second kappa shape index (κ2) is 7.92. The largest absolute Gasteiger partial charge is 0.495 e. The molecule has 0 aliphatic heterocycles. The molecule has 3 aromatic rings. The van der Waals surface area contributed by atoms with Gasteiger partial charge in [-0.2, -0.15) is 0 Å². The van der Waals surface area contributed by atoms with Crippen LogP contribution in [0.4, 0.5) is 5.69 Å². The molecule has 1 aromatic heterocycles. The molecule has 0 atom stereocenters. The van der Waals surface area contributed by atoms with Crippen LogP contribution in [0.5, 0.6) is 5.75 Å². The van der Waals surface area contributed by atoms with Gasteiger partial charge in [-0.3, -0.25) is 23.5 Å². The Morgan fingerprint density at radius 1 is 1.04 bits per heavy atom. The molecule has 0 fully saturated rings. The maximum absolute atomic E-state index is 12.4. The molecule has 0 saturated heterocycles. The normalized spacial score (nSPS) is 10.4. The summed E-state index contributed by atoms with van der Waals surface area (Å²) in [6, 6.07) is 13.4. The standard InChI is InChI=1S/C19H16ClN3O4/c1-27-16-5-3-2-4-15(16)21-17(24)12-22-10-11-23(19(26)18(22)25)14-8-6-13(20)7-9-14/h2-11H,12H2,1H3,(H,21,24). The fraction of sp³-hybridized carbons (Fsp3) is 0.105. The van der Waals surface area contributed by atoms with Crippen LogP contribution in [0, 0.1) is 0 Å². The van der Waals surface area contributed by atoms with Gasteiger partial charge in [0.1, 0.15) is 12.3 Å². The van der Waals surface area contributed by atoms with Crippen LogP contribution in [0.2, 0.25) is 5.02 Å². The average Bonchev–Trinajstić information content (AvgIpc) is 2.67. The number of hydrogen-bond donors (Lipinski definition) is 1. The summed E-state index contributed by atoms with van der Waals surface area (Å²) < 4.78 is 7.42. The number of benzene rings is 2. The number of carbonyl (C=O) groups is 1. The predicted octanol–water partition coefficient (Wildman–Crippen LogP) is 2.30. The van der Waals surface area contributed by atoms with Crippen molar-refractivity contribution in [2.45, 2.75) is 6.54 Å². The Labute approximate surface area is 159 Å². The van der Waals surface area contributed by atoms with Crippen molar-refractivity contribution in [1.82, 2.24) is 9.13 Å². The molecule has 1 amide bonds. The van der Waals surface area contributed by atoms with E-state index in [0.29, 0.717) is 22.1 Å². The summed E-state index contributed by atoms with van der Waals surface area (Å²) in [5.41, 5.74) is -0.577. The third-order valence-corrected chi connectivity index (χ3v) is 4.11. The number of hydrogen-bond acceptors (Lipinski definition) is 4. The summed E-state index contributed by atoms with van der Waals surface area (Å²) in [6.45, 7) is -0.298. The number of rotatable bonds is 5. The molecule has 0 spiro atoms. The van der Waals surface area contributed by atoms with Gasteiger partial charge in [-0.05, 0) is 36.4 Å². The van der Waals surface area contributed by atoms with Gasteiger partial charge in [0, 0.05) is 23.1 Å². The van der Waals surface area contributed by atoms with Crippen LogP contribution in [0.3, 0.4) is 0 Å². The smallest absolute Gasteiger partial charge is 0.320 e. The van der Waals surface area contributed by atoms with Gasteiger partial charge in [-0.1, -0.05) is 23.7 Å². The summed E-state index contributed by atoms with van der Waals surface area (Å²) in [5, 5.41) is 3.18. The molecule has 0 aliphatic carbocycles. The van der Waals surface area contributed by atoms with E-state index in [-0.39, 0.29) is 6.54 Å². The molecule has 0 saturated carbocycles. The third-order valence-electron chi connectivity index (χ3n) is 3.86. The first-order chi connectivity index (χ1) is 13.0. The van der Waals surface area contributed by atoms with Crippen molar-refractivity contribution >= 4 is 23.2 Å². The zero-order valence-electron chi connectivity index (χ0n) is 14.4. The van der Waals surface area contributed by atoms with E-state index in [4.69, 9.17) is 16.3 Å². The van der Waals surface area contributed by atoms with E-state index in [1.807, 2.05) is 0 Å². The number of para-hydroxylation sites is 2. The van der Waals surface area contributed by atoms with E-state index in [0.717, 1.165) is 4.57 Å². The van der Waals surface area contributed by atoms with Crippen LogP contribution in [0.1, 0.15) is 0 Å². The summed E-state index contributed by atoms with van der Waals surface area (Å²) in [4.78, 5) is 37.0. The van der Waals surface area contributed by atoms with Crippen molar-refractivity contribution < 1.29 is 9.53 Å². The highest BCUT2D eigenvalue weighted by molar-refractivity contribution is 6.30. The second-order valence-electron chi connectivity index (χ2n) is 5.63. The van der Waals surface area contributed by atoms with Crippen LogP contribution in [0.15, 0.2) is 70.5 Å². The van der Waals surface area contributed by atoms with E-state index in [2.05, 4.69) is 5.32 Å². The predicted molar refractivity (Wildman–Crippen MR) is 103 cm³/mol. The molecule has 0 bridgehead atoms. The maximum Gasteiger partial charge on any atom is 0.320 e. The van der Waals surface area contributed by atoms with Crippen molar-refractivity contribution in [2.75, 3.05) is 12.4 Å². The van der Waals surface area contributed by atoms with E-state index in [1.54, 1.807) is 48.5 Å². The maximum atomic E-state index is 12.4. The highest BCUT2D eigenvalue weighted by Crippen LogP contribution is 2.22. The van der Waals surface area contributed by atoms with Crippen LogP contribution >= 0.6 is 11.6 Å². The zero-order chi connectivity index (χ0) is 19.4. The summed E-state index contributed by atoms with van der Waals surface area (Å²) in [5.74, 6) is 0.0431. The van der Waals surface area contributed by atoms with Gasteiger partial charge in [0.2, 0.25) is 5.91 Å². The fourth-order valence-electron chi connectivity index (χ4n) is 2.53. The quantitative estimate of drug-likeness (QED) is 0.683. The lowest BCUT2D eigenvalue weighted by molar-refractivity contribution is -0.116. The van der Waals surface area contributed by atoms with Gasteiger partial charge in [0.25, 0.3) is 0 Å². The molecule has 0 aliphatic rings. The summed E-state index contributed by atoms with van der Waals surface area (Å²) in [6.07, 6.45) is 2.82. The number of carbonyl (C=O) groups excluding carboxylic acids is 1. The van der Waals surface area contributed by atoms with Crippen LogP contribution < -0.4 is 21.2 Å². The molecule has 7 nitrogen and oxygen atoms in total. The lowest BCUT2D eigenvalue weighted by Gasteiger charge is -2.11. The number of nitrogens with one attached hydrogen (secondary N) is 1. The lowest BCUT2D eigenvalue weighted by Crippen LogP contribution is -2.41. The number of amides is 1. The Kier molecular flexibility index (Phi) is 5.42. The molecular weight excluding hydrogens is 370 g/mol. The number of ether oxygens (including phenoxy) is 1. The number of nitrogens with zero attached hydrogens (tertiary/aromatic N) is 2. The van der Waals surface area contributed by atoms with Crippen LogP contribution in [-0.2, 0) is 11.3 Å². The summed E-state index contributed by atoms with van der Waals surface area (Å²) >= 11 is 5.83. The first kappa shape index (κ1) is 18.5. The molecule has 27 heavy (non-hydrogen) atoms. The van der Waals surface area contributed by atoms with E-state index >= 15 is 0 Å². The van der Waals surface area contributed by atoms with Crippen molar-refractivity contribution in [3.63, 3.8) is 0 Å². The Morgan fingerprint density at radius 3 is 2.44 bits per heavy atom. The van der Waals surface area contributed by atoms with Crippen molar-refractivity contribution in [3.8, 4) is 11.4 Å². The Hall–Kier alpha value is -3.32. The van der Waals surface area contributed by atoms with Gasteiger partial charge in [0.15, 0.2) is 0 Å². The molecule has 3 rings (SSSR count). The van der Waals surface area contributed by atoms with E-state index in [1.165, 1.54) is 24.1 Å². The SMILES string of the molecule is COc1ccccc1NC(=O)Cn1ccn(-c2ccc(Cl)cc2)c(=O)c1=O.